The third-order valence-electron chi connectivity index (χ3n) is 3.57. The van der Waals surface area contributed by atoms with E-state index in [9.17, 15) is 9.59 Å². The first-order valence-electron chi connectivity index (χ1n) is 8.27. The first kappa shape index (κ1) is 20.5. The molecule has 1 amide bonds. The van der Waals surface area contributed by atoms with Crippen LogP contribution in [0.3, 0.4) is 0 Å². The van der Waals surface area contributed by atoms with E-state index >= 15 is 0 Å². The molecule has 1 aromatic rings. The molecule has 0 spiro atoms. The molecular weight excluding hydrogens is 370 g/mol. The average Bonchev–Trinajstić information content (AvgIpc) is 3.02. The second kappa shape index (κ2) is 11.0. The molecule has 0 aliphatic carbocycles. The van der Waals surface area contributed by atoms with Crippen LogP contribution in [0.25, 0.3) is 0 Å². The minimum atomic E-state index is -0.313. The molecule has 1 saturated heterocycles. The molecule has 1 unspecified atom stereocenters. The van der Waals surface area contributed by atoms with Crippen LogP contribution in [0.5, 0.6) is 0 Å². The van der Waals surface area contributed by atoms with E-state index in [0.29, 0.717) is 5.88 Å². The number of carbonyl (C=O) groups is 2. The van der Waals surface area contributed by atoms with Crippen molar-refractivity contribution in [1.82, 2.24) is 5.32 Å². The number of hydrogen-bond acceptors (Lipinski definition) is 7. The van der Waals surface area contributed by atoms with Crippen LogP contribution in [0.2, 0.25) is 0 Å². The molecule has 1 aromatic carbocycles. The Morgan fingerprint density at radius 2 is 2.19 bits per heavy atom. The summed E-state index contributed by atoms with van der Waals surface area (Å²) >= 11 is 2.78. The fourth-order valence-electron chi connectivity index (χ4n) is 2.17. The molecule has 1 fully saturated rings. The summed E-state index contributed by atoms with van der Waals surface area (Å²) in [7, 11) is 3.99. The number of amides is 1. The first-order chi connectivity index (χ1) is 12.6. The van der Waals surface area contributed by atoms with Crippen LogP contribution < -0.4 is 15.5 Å². The summed E-state index contributed by atoms with van der Waals surface area (Å²) in [5.41, 5.74) is 1.94. The van der Waals surface area contributed by atoms with Gasteiger partial charge in [0.15, 0.2) is 6.54 Å². The highest BCUT2D eigenvalue weighted by Crippen LogP contribution is 2.19. The van der Waals surface area contributed by atoms with Crippen LogP contribution in [-0.4, -0.2) is 49.3 Å². The lowest BCUT2D eigenvalue weighted by Crippen LogP contribution is -2.81. The maximum Gasteiger partial charge on any atom is 0.276 e. The zero-order valence-corrected chi connectivity index (χ0v) is 16.6. The number of rotatable bonds is 9. The van der Waals surface area contributed by atoms with Gasteiger partial charge in [-0.25, -0.2) is 0 Å². The van der Waals surface area contributed by atoms with Gasteiger partial charge in [-0.2, -0.15) is 10.2 Å². The molecule has 1 atom stereocenters. The molecular formula is C17H24N5O2S2+. The number of nitrogens with one attached hydrogen (secondary N) is 1. The van der Waals surface area contributed by atoms with E-state index in [0.717, 1.165) is 23.5 Å². The molecule has 0 aromatic heterocycles. The van der Waals surface area contributed by atoms with Crippen molar-refractivity contribution >= 4 is 45.9 Å². The lowest BCUT2D eigenvalue weighted by Gasteiger charge is -2.11. The zero-order chi connectivity index (χ0) is 18.8. The summed E-state index contributed by atoms with van der Waals surface area (Å²) in [5.74, 6) is 1.18. The van der Waals surface area contributed by atoms with Crippen LogP contribution in [0, 0.1) is 0 Å². The molecule has 26 heavy (non-hydrogen) atoms. The highest BCUT2D eigenvalue weighted by Gasteiger charge is 2.26. The number of benzene rings is 1. The van der Waals surface area contributed by atoms with E-state index < -0.39 is 0 Å². The fraction of sp³-hybridized carbons (Fsp3) is 0.412. The van der Waals surface area contributed by atoms with Gasteiger partial charge in [-0.3, -0.25) is 9.59 Å². The number of nitrogens with zero attached hydrogens (tertiary/aromatic N) is 3. The molecule has 1 aliphatic rings. The topological polar surface area (TPSA) is 90.7 Å². The molecule has 2 rings (SSSR count). The highest BCUT2D eigenvalue weighted by atomic mass is 32.2. The van der Waals surface area contributed by atoms with Gasteiger partial charge in [0, 0.05) is 30.9 Å². The molecule has 7 nitrogen and oxygen atoms in total. The van der Waals surface area contributed by atoms with Crippen LogP contribution in [0.4, 0.5) is 11.4 Å². The standard InChI is InChI=1S/C17H23N5O2S2/c1-22(2)14-5-3-13(4-6-14)21-19-12-25-10-8-18-11-16(23)20-15-7-9-26-17(15)24/h3-6,8,10,15,18H,7,9,11-12H2,1-2H3,(H,20,23)/p+1/b10-8-,21-19?. The molecule has 1 heterocycles. The normalized spacial score (nSPS) is 17.3. The largest absolute Gasteiger partial charge is 0.378 e. The second-order valence-electron chi connectivity index (χ2n) is 5.79. The van der Waals surface area contributed by atoms with Crippen LogP contribution >= 0.6 is 23.5 Å². The number of azo groups is 1. The summed E-state index contributed by atoms with van der Waals surface area (Å²) in [4.78, 5) is 25.2. The van der Waals surface area contributed by atoms with Gasteiger partial charge in [0.2, 0.25) is 5.12 Å². The Balaban J connectivity index is 1.57. The van der Waals surface area contributed by atoms with Crippen LogP contribution in [-0.2, 0) is 9.59 Å². The van der Waals surface area contributed by atoms with Gasteiger partial charge in [0.1, 0.15) is 5.88 Å². The predicted molar refractivity (Wildman–Crippen MR) is 108 cm³/mol. The van der Waals surface area contributed by atoms with Gasteiger partial charge in [0.05, 0.1) is 17.9 Å². The van der Waals surface area contributed by atoms with E-state index in [1.807, 2.05) is 54.9 Å². The van der Waals surface area contributed by atoms with Crippen molar-refractivity contribution < 1.29 is 14.9 Å². The number of carbonyl (C=O) groups excluding carboxylic acids is 2. The fourth-order valence-corrected chi connectivity index (χ4v) is 3.54. The summed E-state index contributed by atoms with van der Waals surface area (Å²) in [5, 5.41) is 14.7. The van der Waals surface area contributed by atoms with Crippen molar-refractivity contribution in [3.05, 3.63) is 35.9 Å². The van der Waals surface area contributed by atoms with E-state index in [4.69, 9.17) is 0 Å². The van der Waals surface area contributed by atoms with Gasteiger partial charge in [0.25, 0.3) is 5.91 Å². The van der Waals surface area contributed by atoms with E-state index in [1.165, 1.54) is 23.5 Å². The third-order valence-corrected chi connectivity index (χ3v) is 5.19. The molecule has 0 bridgehead atoms. The minimum absolute atomic E-state index is 0.0613. The van der Waals surface area contributed by atoms with Gasteiger partial charge in [-0.15, -0.1) is 11.8 Å². The van der Waals surface area contributed by atoms with Gasteiger partial charge in [-0.05, 0) is 30.7 Å². The summed E-state index contributed by atoms with van der Waals surface area (Å²) in [6.07, 6.45) is 2.54. The predicted octanol–water partition coefficient (Wildman–Crippen LogP) is 1.71. The van der Waals surface area contributed by atoms with Gasteiger partial charge in [-0.1, -0.05) is 11.8 Å². The number of thioether (sulfide) groups is 2. The lowest BCUT2D eigenvalue weighted by atomic mass is 10.2. The SMILES string of the molecule is CN(C)c1ccc(N=NCS/C=C\[NH2+]CC(=O)NC2CCSC2=O)cc1. The number of quaternary nitrogens is 1. The molecule has 140 valence electrons. The molecule has 3 N–H and O–H groups in total. The van der Waals surface area contributed by atoms with E-state index in [1.54, 1.807) is 5.32 Å². The maximum atomic E-state index is 11.7. The quantitative estimate of drug-likeness (QED) is 0.491. The molecule has 0 radical (unpaired) electrons. The van der Waals surface area contributed by atoms with E-state index in [-0.39, 0.29) is 23.6 Å². The Morgan fingerprint density at radius 3 is 2.85 bits per heavy atom. The minimum Gasteiger partial charge on any atom is -0.378 e. The van der Waals surface area contributed by atoms with Crippen molar-refractivity contribution in [3.8, 4) is 0 Å². The molecule has 0 saturated carbocycles. The zero-order valence-electron chi connectivity index (χ0n) is 14.9. The second-order valence-corrected chi connectivity index (χ2v) is 7.76. The summed E-state index contributed by atoms with van der Waals surface area (Å²) < 4.78 is 0. The maximum absolute atomic E-state index is 11.7. The van der Waals surface area contributed by atoms with E-state index in [2.05, 4.69) is 15.5 Å². The van der Waals surface area contributed by atoms with Crippen molar-refractivity contribution in [2.45, 2.75) is 12.5 Å². The van der Waals surface area contributed by atoms with Crippen molar-refractivity contribution in [2.24, 2.45) is 10.2 Å². The number of nitrogens with two attached hydrogens (primary N) is 1. The first-order valence-corrected chi connectivity index (χ1v) is 10.3. The van der Waals surface area contributed by atoms with Crippen molar-refractivity contribution in [1.29, 1.82) is 0 Å². The van der Waals surface area contributed by atoms with Crippen molar-refractivity contribution in [2.75, 3.05) is 37.2 Å². The monoisotopic (exact) mass is 394 g/mol. The number of hydrogen-bond donors (Lipinski definition) is 2. The smallest absolute Gasteiger partial charge is 0.276 e. The van der Waals surface area contributed by atoms with Crippen LogP contribution in [0.1, 0.15) is 6.42 Å². The van der Waals surface area contributed by atoms with Gasteiger partial charge < -0.3 is 15.5 Å². The third kappa shape index (κ3) is 7.19. The van der Waals surface area contributed by atoms with Crippen LogP contribution in [0.15, 0.2) is 46.1 Å². The molecule has 1 aliphatic heterocycles. The average molecular weight is 395 g/mol. The summed E-state index contributed by atoms with van der Waals surface area (Å²) in [6, 6.07) is 7.54. The number of anilines is 1. The molecule has 9 heteroatoms. The highest BCUT2D eigenvalue weighted by molar-refractivity contribution is 8.14. The van der Waals surface area contributed by atoms with Crippen molar-refractivity contribution in [3.63, 3.8) is 0 Å². The Labute approximate surface area is 162 Å². The summed E-state index contributed by atoms with van der Waals surface area (Å²) in [6.45, 7) is 0.269. The lowest BCUT2D eigenvalue weighted by molar-refractivity contribution is -0.575. The Bertz CT molecular complexity index is 662. The Kier molecular flexibility index (Phi) is 8.66. The Morgan fingerprint density at radius 1 is 1.42 bits per heavy atom. The Hall–Kier alpha value is -1.84. The van der Waals surface area contributed by atoms with Gasteiger partial charge >= 0.3 is 0 Å².